The fourth-order valence-corrected chi connectivity index (χ4v) is 3.86. The Hall–Kier alpha value is -2.86. The van der Waals surface area contributed by atoms with Gasteiger partial charge >= 0.3 is 35.9 Å². The quantitative estimate of drug-likeness (QED) is 0.592. The van der Waals surface area contributed by atoms with Gasteiger partial charge in [0.15, 0.2) is 0 Å². The maximum atomic E-state index is 5.22. The van der Waals surface area contributed by atoms with Gasteiger partial charge in [-0.1, -0.05) is 0 Å². The van der Waals surface area contributed by atoms with Crippen LogP contribution in [0.3, 0.4) is 0 Å². The first kappa shape index (κ1) is 18.5. The summed E-state index contributed by atoms with van der Waals surface area (Å²) in [5.41, 5.74) is 0. The molecule has 0 radical (unpaired) electrons. The van der Waals surface area contributed by atoms with Gasteiger partial charge in [-0.15, -0.1) is 29.9 Å². The molecule has 0 saturated carbocycles. The number of nitrogens with zero attached hydrogens (tertiary/aromatic N) is 8. The molecule has 3 aliphatic rings. The third kappa shape index (κ3) is 2.94. The van der Waals surface area contributed by atoms with Crippen molar-refractivity contribution in [1.29, 1.82) is 0 Å². The highest BCUT2D eigenvalue weighted by Crippen LogP contribution is 2.35. The van der Waals surface area contributed by atoms with Gasteiger partial charge in [0.1, 0.15) is 39.3 Å². The summed E-state index contributed by atoms with van der Waals surface area (Å²) in [7, 11) is 6.14. The van der Waals surface area contributed by atoms with E-state index in [2.05, 4.69) is 29.9 Å². The summed E-state index contributed by atoms with van der Waals surface area (Å²) >= 11 is 0. The molecule has 0 amide bonds. The molecule has 0 aliphatic carbocycles. The van der Waals surface area contributed by atoms with E-state index >= 15 is 0 Å². The van der Waals surface area contributed by atoms with Crippen LogP contribution < -0.4 is 27.9 Å². The molecule has 2 bridgehead atoms. The van der Waals surface area contributed by atoms with Crippen LogP contribution in [-0.2, 0) is 0 Å². The van der Waals surface area contributed by atoms with Crippen LogP contribution in [0.2, 0.25) is 0 Å². The molecular weight excluding hydrogens is 368 g/mol. The van der Waals surface area contributed by atoms with Crippen molar-refractivity contribution in [3.8, 4) is 24.0 Å². The highest BCUT2D eigenvalue weighted by molar-refractivity contribution is 5.38. The van der Waals surface area contributed by atoms with Crippen molar-refractivity contribution >= 4 is 11.9 Å². The summed E-state index contributed by atoms with van der Waals surface area (Å²) in [5.74, 6) is 1.35. The Kier molecular flexibility index (Phi) is 4.59. The third-order valence-electron chi connectivity index (χ3n) is 5.61. The summed E-state index contributed by atoms with van der Waals surface area (Å²) in [6, 6.07) is 1.05. The lowest BCUT2D eigenvalue weighted by Crippen LogP contribution is -2.77. The summed E-state index contributed by atoms with van der Waals surface area (Å²) < 4.78 is 22.2. The molecule has 0 atom stereocenters. The second-order valence-corrected chi connectivity index (χ2v) is 6.85. The monoisotopic (exact) mass is 392 g/mol. The largest absolute Gasteiger partial charge is 0.466 e. The number of quaternary nitrogens is 2. The van der Waals surface area contributed by atoms with E-state index in [1.165, 1.54) is 28.4 Å². The van der Waals surface area contributed by atoms with Gasteiger partial charge in [0.05, 0.1) is 28.4 Å². The summed E-state index contributed by atoms with van der Waals surface area (Å²) in [5, 5.41) is 0. The van der Waals surface area contributed by atoms with Gasteiger partial charge in [0.25, 0.3) is 0 Å². The zero-order chi connectivity index (χ0) is 19.8. The zero-order valence-electron chi connectivity index (χ0n) is 16.5. The van der Waals surface area contributed by atoms with Gasteiger partial charge in [-0.25, -0.2) is 8.97 Å². The van der Waals surface area contributed by atoms with E-state index < -0.39 is 0 Å². The molecule has 0 unspecified atom stereocenters. The van der Waals surface area contributed by atoms with Crippen molar-refractivity contribution < 1.29 is 18.9 Å². The minimum Gasteiger partial charge on any atom is -0.466 e. The molecule has 12 nitrogen and oxygen atoms in total. The van der Waals surface area contributed by atoms with E-state index in [1.54, 1.807) is 0 Å². The average Bonchev–Trinajstić information content (AvgIpc) is 2.79. The highest BCUT2D eigenvalue weighted by Gasteiger charge is 2.55. The maximum Gasteiger partial charge on any atom is 0.338 e. The minimum atomic E-state index is 0.262. The standard InChI is InChI=1S/C16H24N8O4/c1-25-13-17-11(18-14(21-13)26-2)23-5-8-24(9-6-23,10-7-23)12-19-15(27-3)22-16(20-12)28-4/h5-10H2,1-4H3/q+2. The van der Waals surface area contributed by atoms with E-state index in [9.17, 15) is 0 Å². The SMILES string of the molecule is COc1nc(OC)nc([N+]23CC[N+](c4nc(OC)nc(OC)n4)(CC2)CC3)n1. The number of hydrogen-bond acceptors (Lipinski definition) is 10. The molecule has 2 aromatic heterocycles. The van der Waals surface area contributed by atoms with Crippen molar-refractivity contribution in [3.05, 3.63) is 0 Å². The molecule has 12 heteroatoms. The van der Waals surface area contributed by atoms with Gasteiger partial charge in [0.2, 0.25) is 0 Å². The van der Waals surface area contributed by atoms with Crippen molar-refractivity contribution in [2.24, 2.45) is 0 Å². The van der Waals surface area contributed by atoms with Crippen LogP contribution in [0.1, 0.15) is 0 Å². The van der Waals surface area contributed by atoms with E-state index in [4.69, 9.17) is 18.9 Å². The normalized spacial score (nSPS) is 26.0. The highest BCUT2D eigenvalue weighted by atomic mass is 16.5. The lowest BCUT2D eigenvalue weighted by molar-refractivity contribution is 0.0592. The van der Waals surface area contributed by atoms with Crippen molar-refractivity contribution in [2.45, 2.75) is 0 Å². The van der Waals surface area contributed by atoms with Crippen LogP contribution >= 0.6 is 0 Å². The van der Waals surface area contributed by atoms with E-state index in [0.717, 1.165) is 39.3 Å². The fraction of sp³-hybridized carbons (Fsp3) is 0.625. The average molecular weight is 392 g/mol. The van der Waals surface area contributed by atoms with Crippen LogP contribution in [0.4, 0.5) is 11.9 Å². The smallest absolute Gasteiger partial charge is 0.338 e. The van der Waals surface area contributed by atoms with Gasteiger partial charge in [-0.2, -0.15) is 0 Å². The molecular formula is C16H24N8O4+2. The number of methoxy groups -OCH3 is 4. The van der Waals surface area contributed by atoms with Crippen molar-refractivity contribution in [1.82, 2.24) is 38.9 Å². The number of hydrogen-bond donors (Lipinski definition) is 0. The minimum absolute atomic E-state index is 0.262. The number of rotatable bonds is 6. The molecule has 28 heavy (non-hydrogen) atoms. The fourth-order valence-electron chi connectivity index (χ4n) is 3.86. The number of fused-ring (bicyclic) bond motifs is 3. The van der Waals surface area contributed by atoms with Crippen molar-refractivity contribution in [3.63, 3.8) is 0 Å². The number of ether oxygens (including phenoxy) is 4. The molecule has 0 N–H and O–H groups in total. The zero-order valence-corrected chi connectivity index (χ0v) is 16.5. The van der Waals surface area contributed by atoms with Gasteiger partial charge in [0, 0.05) is 0 Å². The van der Waals surface area contributed by atoms with Crippen LogP contribution in [0.15, 0.2) is 0 Å². The second-order valence-electron chi connectivity index (χ2n) is 6.85. The Morgan fingerprint density at radius 3 is 0.929 bits per heavy atom. The molecule has 3 saturated heterocycles. The predicted molar refractivity (Wildman–Crippen MR) is 98.7 cm³/mol. The van der Waals surface area contributed by atoms with Gasteiger partial charge < -0.3 is 18.9 Å². The molecule has 5 rings (SSSR count). The summed E-state index contributed by atoms with van der Waals surface area (Å²) in [6.45, 7) is 5.04. The molecule has 2 aromatic rings. The molecule has 0 spiro atoms. The van der Waals surface area contributed by atoms with Gasteiger partial charge in [-0.05, 0) is 0 Å². The van der Waals surface area contributed by atoms with Crippen LogP contribution in [-0.4, -0.2) is 97.6 Å². The van der Waals surface area contributed by atoms with Crippen LogP contribution in [0.5, 0.6) is 24.0 Å². The number of aromatic nitrogens is 6. The first-order valence-corrected chi connectivity index (χ1v) is 8.98. The maximum absolute atomic E-state index is 5.22. The Balaban J connectivity index is 1.64. The molecule has 5 heterocycles. The molecule has 150 valence electrons. The van der Waals surface area contributed by atoms with Crippen LogP contribution in [0.25, 0.3) is 0 Å². The van der Waals surface area contributed by atoms with Crippen LogP contribution in [0, 0.1) is 0 Å². The Bertz CT molecular complexity index is 739. The molecule has 0 aromatic carbocycles. The van der Waals surface area contributed by atoms with E-state index in [1.807, 2.05) is 0 Å². The number of piperazine rings is 3. The Morgan fingerprint density at radius 2 is 0.714 bits per heavy atom. The Labute approximate surface area is 162 Å². The lowest BCUT2D eigenvalue weighted by Gasteiger charge is -2.51. The molecule has 3 fully saturated rings. The predicted octanol–water partition coefficient (Wildman–Crippen LogP) is -0.567. The lowest BCUT2D eigenvalue weighted by atomic mass is 10.1. The summed E-state index contributed by atoms with van der Waals surface area (Å²) in [6.07, 6.45) is 0. The third-order valence-corrected chi connectivity index (χ3v) is 5.61. The van der Waals surface area contributed by atoms with Gasteiger partial charge in [-0.3, -0.25) is 0 Å². The second kappa shape index (κ2) is 6.95. The van der Waals surface area contributed by atoms with Crippen molar-refractivity contribution in [2.75, 3.05) is 67.7 Å². The first-order valence-electron chi connectivity index (χ1n) is 8.98. The Morgan fingerprint density at radius 1 is 0.464 bits per heavy atom. The first-order chi connectivity index (χ1) is 13.6. The van der Waals surface area contributed by atoms with E-state index in [-0.39, 0.29) is 24.0 Å². The molecule has 3 aliphatic heterocycles. The topological polar surface area (TPSA) is 114 Å². The summed E-state index contributed by atoms with van der Waals surface area (Å²) in [4.78, 5) is 26.2. The van der Waals surface area contributed by atoms with E-state index in [0.29, 0.717) is 20.9 Å².